The SMILES string of the molecule is C/C(CC(C)C)=C(/C)C1CC1CCNS(=O)(=O)c1ccc(C)cc1. The molecule has 1 fully saturated rings. The van der Waals surface area contributed by atoms with Gasteiger partial charge in [0.25, 0.3) is 0 Å². The van der Waals surface area contributed by atoms with Crippen molar-refractivity contribution in [1.82, 2.24) is 4.72 Å². The van der Waals surface area contributed by atoms with Crippen molar-refractivity contribution in [2.45, 2.75) is 58.8 Å². The zero-order valence-corrected chi connectivity index (χ0v) is 16.4. The van der Waals surface area contributed by atoms with Crippen molar-refractivity contribution in [3.63, 3.8) is 0 Å². The number of benzene rings is 1. The summed E-state index contributed by atoms with van der Waals surface area (Å²) in [6.45, 7) is 11.5. The summed E-state index contributed by atoms with van der Waals surface area (Å²) in [6.07, 6.45) is 3.28. The second-order valence-electron chi connectivity index (χ2n) is 7.66. The molecule has 1 N–H and O–H groups in total. The van der Waals surface area contributed by atoms with Crippen LogP contribution >= 0.6 is 0 Å². The van der Waals surface area contributed by atoms with Gasteiger partial charge in [0.15, 0.2) is 0 Å². The van der Waals surface area contributed by atoms with Gasteiger partial charge in [-0.3, -0.25) is 0 Å². The van der Waals surface area contributed by atoms with Crippen LogP contribution in [0.4, 0.5) is 0 Å². The molecule has 0 radical (unpaired) electrons. The van der Waals surface area contributed by atoms with E-state index in [0.717, 1.165) is 18.4 Å². The smallest absolute Gasteiger partial charge is 0.211 e. The van der Waals surface area contributed by atoms with Crippen LogP contribution in [0.2, 0.25) is 0 Å². The molecular weight excluding hydrogens is 318 g/mol. The summed E-state index contributed by atoms with van der Waals surface area (Å²) in [5.74, 6) is 1.99. The highest BCUT2D eigenvalue weighted by Crippen LogP contribution is 2.47. The van der Waals surface area contributed by atoms with E-state index in [-0.39, 0.29) is 0 Å². The molecule has 1 saturated carbocycles. The Balaban J connectivity index is 1.82. The van der Waals surface area contributed by atoms with Crippen LogP contribution in [-0.4, -0.2) is 15.0 Å². The van der Waals surface area contributed by atoms with E-state index in [1.165, 1.54) is 17.6 Å². The lowest BCUT2D eigenvalue weighted by molar-refractivity contribution is 0.572. The van der Waals surface area contributed by atoms with E-state index in [4.69, 9.17) is 0 Å². The van der Waals surface area contributed by atoms with E-state index in [2.05, 4.69) is 32.4 Å². The quantitative estimate of drug-likeness (QED) is 0.693. The van der Waals surface area contributed by atoms with E-state index >= 15 is 0 Å². The van der Waals surface area contributed by atoms with E-state index in [1.807, 2.05) is 19.1 Å². The van der Waals surface area contributed by atoms with Gasteiger partial charge in [0.2, 0.25) is 10.0 Å². The van der Waals surface area contributed by atoms with Gasteiger partial charge >= 0.3 is 0 Å². The van der Waals surface area contributed by atoms with Gasteiger partial charge in [-0.05, 0) is 69.9 Å². The molecule has 24 heavy (non-hydrogen) atoms. The molecule has 1 aromatic carbocycles. The zero-order chi connectivity index (χ0) is 17.9. The first-order chi connectivity index (χ1) is 11.2. The van der Waals surface area contributed by atoms with Crippen molar-refractivity contribution in [2.24, 2.45) is 17.8 Å². The van der Waals surface area contributed by atoms with Crippen LogP contribution in [0, 0.1) is 24.7 Å². The van der Waals surface area contributed by atoms with Crippen LogP contribution in [0.5, 0.6) is 0 Å². The molecule has 0 saturated heterocycles. The number of hydrogen-bond donors (Lipinski definition) is 1. The molecule has 0 heterocycles. The van der Waals surface area contributed by atoms with Crippen molar-refractivity contribution in [2.75, 3.05) is 6.54 Å². The van der Waals surface area contributed by atoms with Crippen molar-refractivity contribution >= 4 is 10.0 Å². The van der Waals surface area contributed by atoms with E-state index in [1.54, 1.807) is 12.1 Å². The lowest BCUT2D eigenvalue weighted by Gasteiger charge is -2.10. The normalized spacial score (nSPS) is 21.8. The molecule has 1 aliphatic rings. The van der Waals surface area contributed by atoms with Crippen molar-refractivity contribution in [3.8, 4) is 0 Å². The molecule has 2 rings (SSSR count). The number of nitrogens with one attached hydrogen (secondary N) is 1. The summed E-state index contributed by atoms with van der Waals surface area (Å²) in [5, 5.41) is 0. The molecule has 0 amide bonds. The first-order valence-electron chi connectivity index (χ1n) is 8.93. The molecule has 0 spiro atoms. The predicted molar refractivity (Wildman–Crippen MR) is 100 cm³/mol. The van der Waals surface area contributed by atoms with E-state index in [9.17, 15) is 8.42 Å². The Bertz CT molecular complexity index is 687. The molecule has 2 unspecified atom stereocenters. The number of rotatable bonds is 8. The Morgan fingerprint density at radius 2 is 1.83 bits per heavy atom. The highest BCUT2D eigenvalue weighted by molar-refractivity contribution is 7.89. The topological polar surface area (TPSA) is 46.2 Å². The fourth-order valence-corrected chi connectivity index (χ4v) is 4.41. The zero-order valence-electron chi connectivity index (χ0n) is 15.6. The molecular formula is C20H31NO2S. The minimum atomic E-state index is -3.38. The van der Waals surface area contributed by atoms with Crippen molar-refractivity contribution in [3.05, 3.63) is 41.0 Å². The van der Waals surface area contributed by atoms with Gasteiger partial charge in [-0.15, -0.1) is 0 Å². The Morgan fingerprint density at radius 1 is 1.21 bits per heavy atom. The third-order valence-corrected chi connectivity index (χ3v) is 6.48. The summed E-state index contributed by atoms with van der Waals surface area (Å²) in [6, 6.07) is 6.99. The lowest BCUT2D eigenvalue weighted by Crippen LogP contribution is -2.25. The molecule has 0 bridgehead atoms. The van der Waals surface area contributed by atoms with Gasteiger partial charge in [0.05, 0.1) is 4.90 Å². The molecule has 0 aliphatic heterocycles. The van der Waals surface area contributed by atoms with Gasteiger partial charge in [0.1, 0.15) is 0 Å². The minimum Gasteiger partial charge on any atom is -0.211 e. The molecule has 2 atom stereocenters. The fourth-order valence-electron chi connectivity index (χ4n) is 3.37. The Kier molecular flexibility index (Phi) is 6.27. The molecule has 134 valence electrons. The van der Waals surface area contributed by atoms with Crippen LogP contribution < -0.4 is 4.72 Å². The maximum absolute atomic E-state index is 12.3. The molecule has 1 aromatic rings. The second kappa shape index (κ2) is 7.83. The van der Waals surface area contributed by atoms with Crippen molar-refractivity contribution in [1.29, 1.82) is 0 Å². The third kappa shape index (κ3) is 5.18. The number of allylic oxidation sites excluding steroid dienone is 2. The summed E-state index contributed by atoms with van der Waals surface area (Å²) < 4.78 is 27.3. The first-order valence-corrected chi connectivity index (χ1v) is 10.4. The number of hydrogen-bond acceptors (Lipinski definition) is 2. The van der Waals surface area contributed by atoms with Gasteiger partial charge < -0.3 is 0 Å². The lowest BCUT2D eigenvalue weighted by atomic mass is 9.97. The van der Waals surface area contributed by atoms with Crippen LogP contribution in [-0.2, 0) is 10.0 Å². The highest BCUT2D eigenvalue weighted by Gasteiger charge is 2.38. The molecule has 4 heteroatoms. The Hall–Kier alpha value is -1.13. The highest BCUT2D eigenvalue weighted by atomic mass is 32.2. The second-order valence-corrected chi connectivity index (χ2v) is 9.43. The standard InChI is InChI=1S/C20H31NO2S/c1-14(2)12-16(4)17(5)20-13-18(20)10-11-21-24(22,23)19-8-6-15(3)7-9-19/h6-9,14,18,20-21H,10-13H2,1-5H3/b17-16+. The molecule has 3 nitrogen and oxygen atoms in total. The van der Waals surface area contributed by atoms with Crippen LogP contribution in [0.1, 0.15) is 52.5 Å². The van der Waals surface area contributed by atoms with E-state index in [0.29, 0.717) is 29.2 Å². The Labute approximate surface area is 147 Å². The maximum Gasteiger partial charge on any atom is 0.240 e. The third-order valence-electron chi connectivity index (χ3n) is 5.00. The van der Waals surface area contributed by atoms with Gasteiger partial charge in [-0.2, -0.15) is 0 Å². The first kappa shape index (κ1) is 19.2. The maximum atomic E-state index is 12.3. The molecule has 0 aromatic heterocycles. The summed E-state index contributed by atoms with van der Waals surface area (Å²) in [4.78, 5) is 0.351. The van der Waals surface area contributed by atoms with E-state index < -0.39 is 10.0 Å². The number of aryl methyl sites for hydroxylation is 1. The van der Waals surface area contributed by atoms with Crippen LogP contribution in [0.3, 0.4) is 0 Å². The van der Waals surface area contributed by atoms with Gasteiger partial charge in [-0.25, -0.2) is 13.1 Å². The average molecular weight is 350 g/mol. The average Bonchev–Trinajstić information content (AvgIpc) is 3.25. The predicted octanol–water partition coefficient (Wildman–Crippen LogP) is 4.68. The number of sulfonamides is 1. The van der Waals surface area contributed by atoms with Crippen molar-refractivity contribution < 1.29 is 8.42 Å². The fraction of sp³-hybridized carbons (Fsp3) is 0.600. The van der Waals surface area contributed by atoms with Crippen LogP contribution in [0.25, 0.3) is 0 Å². The minimum absolute atomic E-state index is 0.351. The summed E-state index contributed by atoms with van der Waals surface area (Å²) in [5.41, 5.74) is 4.10. The Morgan fingerprint density at radius 3 is 2.42 bits per heavy atom. The largest absolute Gasteiger partial charge is 0.240 e. The monoisotopic (exact) mass is 349 g/mol. The summed E-state index contributed by atoms with van der Waals surface area (Å²) >= 11 is 0. The molecule has 1 aliphatic carbocycles. The van der Waals surface area contributed by atoms with Gasteiger partial charge in [-0.1, -0.05) is 42.7 Å². The van der Waals surface area contributed by atoms with Crippen LogP contribution in [0.15, 0.2) is 40.3 Å². The summed E-state index contributed by atoms with van der Waals surface area (Å²) in [7, 11) is -3.38. The van der Waals surface area contributed by atoms with Gasteiger partial charge in [0, 0.05) is 6.54 Å².